The first kappa shape index (κ1) is 11.7. The number of aryl methyl sites for hydroxylation is 1. The molecule has 0 saturated heterocycles. The number of fused-ring (bicyclic) bond motifs is 1. The minimum Gasteiger partial charge on any atom is -0.332 e. The Hall–Kier alpha value is -3.09. The molecule has 0 radical (unpaired) electrons. The third-order valence-corrected chi connectivity index (χ3v) is 3.14. The fraction of sp³-hybridized carbons (Fsp3) is 0.0714. The Labute approximate surface area is 119 Å². The lowest BCUT2D eigenvalue weighted by atomic mass is 10.2. The third-order valence-electron chi connectivity index (χ3n) is 3.14. The first-order valence-corrected chi connectivity index (χ1v) is 6.37. The normalized spacial score (nSPS) is 11.1. The van der Waals surface area contributed by atoms with Gasteiger partial charge >= 0.3 is 0 Å². The van der Waals surface area contributed by atoms with Crippen molar-refractivity contribution in [2.45, 2.75) is 6.92 Å². The van der Waals surface area contributed by atoms with Crippen LogP contribution in [0.3, 0.4) is 0 Å². The molecule has 0 unspecified atom stereocenters. The molecule has 0 fully saturated rings. The van der Waals surface area contributed by atoms with Crippen LogP contribution in [-0.4, -0.2) is 30.3 Å². The fourth-order valence-electron chi connectivity index (χ4n) is 2.06. The number of nitrogens with one attached hydrogen (secondary N) is 1. The van der Waals surface area contributed by atoms with Crippen molar-refractivity contribution in [2.75, 3.05) is 0 Å². The third kappa shape index (κ3) is 1.95. The summed E-state index contributed by atoms with van der Waals surface area (Å²) in [6.45, 7) is 1.93. The molecule has 0 spiro atoms. The minimum atomic E-state index is 0.376. The van der Waals surface area contributed by atoms with Crippen LogP contribution in [0.15, 0.2) is 41.2 Å². The molecule has 0 bridgehead atoms. The maximum absolute atomic E-state index is 5.31. The standard InChI is InChI=1S/C14H10N6O/c1-8-4-5-9(7-16-8)12-17-14(21-20-12)11-10-3-2-6-15-13(10)19-18-11/h2-7H,1H3,(H,15,18,19). The molecule has 0 aliphatic carbocycles. The van der Waals surface area contributed by atoms with Crippen molar-refractivity contribution in [3.05, 3.63) is 42.4 Å². The second-order valence-corrected chi connectivity index (χ2v) is 4.58. The van der Waals surface area contributed by atoms with Gasteiger partial charge in [0.25, 0.3) is 5.89 Å². The highest BCUT2D eigenvalue weighted by atomic mass is 16.5. The van der Waals surface area contributed by atoms with Crippen LogP contribution in [0.1, 0.15) is 5.69 Å². The molecule has 21 heavy (non-hydrogen) atoms. The Morgan fingerprint density at radius 2 is 2.10 bits per heavy atom. The van der Waals surface area contributed by atoms with E-state index in [1.807, 2.05) is 31.2 Å². The van der Waals surface area contributed by atoms with Gasteiger partial charge in [-0.25, -0.2) is 4.98 Å². The van der Waals surface area contributed by atoms with Crippen molar-refractivity contribution in [1.29, 1.82) is 0 Å². The summed E-state index contributed by atoms with van der Waals surface area (Å²) < 4.78 is 5.31. The van der Waals surface area contributed by atoms with E-state index in [0.29, 0.717) is 23.1 Å². The maximum Gasteiger partial charge on any atom is 0.276 e. The van der Waals surface area contributed by atoms with Crippen LogP contribution >= 0.6 is 0 Å². The summed E-state index contributed by atoms with van der Waals surface area (Å²) >= 11 is 0. The predicted octanol–water partition coefficient (Wildman–Crippen LogP) is 2.38. The van der Waals surface area contributed by atoms with Crippen LogP contribution in [0.5, 0.6) is 0 Å². The minimum absolute atomic E-state index is 0.376. The van der Waals surface area contributed by atoms with Crippen molar-refractivity contribution in [3.63, 3.8) is 0 Å². The molecule has 0 saturated carbocycles. The largest absolute Gasteiger partial charge is 0.332 e. The van der Waals surface area contributed by atoms with E-state index in [1.54, 1.807) is 12.4 Å². The van der Waals surface area contributed by atoms with Crippen LogP contribution in [0, 0.1) is 6.92 Å². The van der Waals surface area contributed by atoms with Gasteiger partial charge in [-0.15, -0.1) is 0 Å². The summed E-state index contributed by atoms with van der Waals surface area (Å²) in [5.41, 5.74) is 3.02. The van der Waals surface area contributed by atoms with Gasteiger partial charge in [0.15, 0.2) is 5.65 Å². The molecule has 4 aromatic rings. The van der Waals surface area contributed by atoms with Crippen molar-refractivity contribution >= 4 is 11.0 Å². The van der Waals surface area contributed by atoms with Crippen LogP contribution in [0.2, 0.25) is 0 Å². The van der Waals surface area contributed by atoms with Gasteiger partial charge in [-0.1, -0.05) is 5.16 Å². The predicted molar refractivity (Wildman–Crippen MR) is 75.1 cm³/mol. The molecule has 0 aromatic carbocycles. The van der Waals surface area contributed by atoms with Gasteiger partial charge in [0.2, 0.25) is 5.82 Å². The number of H-pyrrole nitrogens is 1. The van der Waals surface area contributed by atoms with E-state index in [2.05, 4.69) is 30.3 Å². The maximum atomic E-state index is 5.31. The highest BCUT2D eigenvalue weighted by Gasteiger charge is 2.16. The Morgan fingerprint density at radius 3 is 2.95 bits per heavy atom. The molecule has 0 atom stereocenters. The van der Waals surface area contributed by atoms with Gasteiger partial charge in [-0.2, -0.15) is 10.1 Å². The van der Waals surface area contributed by atoms with Gasteiger partial charge in [0, 0.05) is 23.7 Å². The van der Waals surface area contributed by atoms with Gasteiger partial charge in [0.05, 0.1) is 5.39 Å². The molecular weight excluding hydrogens is 268 g/mol. The number of hydrogen-bond donors (Lipinski definition) is 1. The van der Waals surface area contributed by atoms with Crippen molar-refractivity contribution in [3.8, 4) is 23.0 Å². The van der Waals surface area contributed by atoms with Crippen LogP contribution in [-0.2, 0) is 0 Å². The van der Waals surface area contributed by atoms with Gasteiger partial charge < -0.3 is 4.52 Å². The number of hydrogen-bond acceptors (Lipinski definition) is 6. The Bertz CT molecular complexity index is 909. The molecule has 0 aliphatic rings. The Kier molecular flexibility index (Phi) is 2.50. The Morgan fingerprint density at radius 1 is 1.14 bits per heavy atom. The molecule has 1 N–H and O–H groups in total. The zero-order valence-corrected chi connectivity index (χ0v) is 11.1. The molecule has 4 heterocycles. The summed E-state index contributed by atoms with van der Waals surface area (Å²) in [5.74, 6) is 0.866. The lowest BCUT2D eigenvalue weighted by Gasteiger charge is -1.93. The van der Waals surface area contributed by atoms with Gasteiger partial charge in [0.1, 0.15) is 5.69 Å². The molecule has 0 aliphatic heterocycles. The Balaban J connectivity index is 1.79. The molecule has 4 rings (SSSR count). The second-order valence-electron chi connectivity index (χ2n) is 4.58. The average Bonchev–Trinajstić information content (AvgIpc) is 3.14. The summed E-state index contributed by atoms with van der Waals surface area (Å²) in [6.07, 6.45) is 3.40. The van der Waals surface area contributed by atoms with Crippen molar-refractivity contribution in [2.24, 2.45) is 0 Å². The average molecular weight is 278 g/mol. The summed E-state index contributed by atoms with van der Waals surface area (Å²) in [6, 6.07) is 7.55. The first-order chi connectivity index (χ1) is 10.3. The number of aromatic amines is 1. The molecule has 4 aromatic heterocycles. The molecular formula is C14H10N6O. The van der Waals surface area contributed by atoms with E-state index in [0.717, 1.165) is 16.6 Å². The molecule has 102 valence electrons. The topological polar surface area (TPSA) is 93.4 Å². The van der Waals surface area contributed by atoms with Crippen LogP contribution in [0.4, 0.5) is 0 Å². The van der Waals surface area contributed by atoms with E-state index in [4.69, 9.17) is 4.52 Å². The van der Waals surface area contributed by atoms with E-state index in [1.165, 1.54) is 0 Å². The van der Waals surface area contributed by atoms with Crippen LogP contribution < -0.4 is 0 Å². The van der Waals surface area contributed by atoms with Crippen molar-refractivity contribution in [1.82, 2.24) is 30.3 Å². The van der Waals surface area contributed by atoms with Crippen molar-refractivity contribution < 1.29 is 4.52 Å². The highest BCUT2D eigenvalue weighted by Crippen LogP contribution is 2.25. The van der Waals surface area contributed by atoms with E-state index >= 15 is 0 Å². The quantitative estimate of drug-likeness (QED) is 0.605. The first-order valence-electron chi connectivity index (χ1n) is 6.37. The molecule has 7 heteroatoms. The van der Waals surface area contributed by atoms with Gasteiger partial charge in [-0.05, 0) is 31.2 Å². The summed E-state index contributed by atoms with van der Waals surface area (Å²) in [7, 11) is 0. The number of aromatic nitrogens is 6. The van der Waals surface area contributed by atoms with E-state index in [-0.39, 0.29) is 0 Å². The SMILES string of the molecule is Cc1ccc(-c2noc(-c3[nH]nc4ncccc34)n2)cn1. The number of rotatable bonds is 2. The van der Waals surface area contributed by atoms with E-state index in [9.17, 15) is 0 Å². The lowest BCUT2D eigenvalue weighted by Crippen LogP contribution is -1.85. The van der Waals surface area contributed by atoms with Crippen LogP contribution in [0.25, 0.3) is 34.0 Å². The smallest absolute Gasteiger partial charge is 0.276 e. The zero-order chi connectivity index (χ0) is 14.2. The zero-order valence-electron chi connectivity index (χ0n) is 11.1. The molecule has 0 amide bonds. The molecule has 7 nitrogen and oxygen atoms in total. The lowest BCUT2D eigenvalue weighted by molar-refractivity contribution is 0.431. The summed E-state index contributed by atoms with van der Waals surface area (Å²) in [5, 5.41) is 11.8. The van der Waals surface area contributed by atoms with Gasteiger partial charge in [-0.3, -0.25) is 10.1 Å². The highest BCUT2D eigenvalue weighted by molar-refractivity contribution is 5.88. The monoisotopic (exact) mass is 278 g/mol. The summed E-state index contributed by atoms with van der Waals surface area (Å²) in [4.78, 5) is 12.8. The number of pyridine rings is 2. The number of nitrogens with zero attached hydrogens (tertiary/aromatic N) is 5. The fourth-order valence-corrected chi connectivity index (χ4v) is 2.06. The van der Waals surface area contributed by atoms with E-state index < -0.39 is 0 Å². The second kappa shape index (κ2) is 4.48.